The Morgan fingerprint density at radius 1 is 0.952 bits per heavy atom. The summed E-state index contributed by atoms with van der Waals surface area (Å²) >= 11 is 0. The molecule has 1 aliphatic rings. The molecule has 0 saturated carbocycles. The van der Waals surface area contributed by atoms with Gasteiger partial charge in [0.25, 0.3) is 5.91 Å². The van der Waals surface area contributed by atoms with Gasteiger partial charge in [-0.05, 0) is 84.9 Å². The van der Waals surface area contributed by atoms with Gasteiger partial charge in [0.05, 0.1) is 12.2 Å². The summed E-state index contributed by atoms with van der Waals surface area (Å²) in [5, 5.41) is 7.13. The standard InChI is InChI=1S/C34H44N2O6/c1-8-11-12-28(32(39)40-10-3)42-36-29(24-15-18-26-27(22-24)34(6,7)20-19-33(26,4)5)30(37)35-25-16-13-23(14-17-25)31(38)41-21-9-2/h9,13-18,22,28H,2,8,10-12,19-21H2,1,3-7H3,(H,35,37). The van der Waals surface area contributed by atoms with Gasteiger partial charge in [0, 0.05) is 11.3 Å². The van der Waals surface area contributed by atoms with E-state index >= 15 is 0 Å². The second kappa shape index (κ2) is 14.3. The molecule has 0 heterocycles. The molecule has 2 aromatic carbocycles. The van der Waals surface area contributed by atoms with E-state index < -0.39 is 23.9 Å². The molecule has 0 saturated heterocycles. The number of ether oxygens (including phenoxy) is 2. The van der Waals surface area contributed by atoms with Crippen LogP contribution >= 0.6 is 0 Å². The minimum atomic E-state index is -0.929. The van der Waals surface area contributed by atoms with Gasteiger partial charge in [0.2, 0.25) is 6.10 Å². The lowest BCUT2D eigenvalue weighted by atomic mass is 9.63. The van der Waals surface area contributed by atoms with Gasteiger partial charge in [-0.1, -0.05) is 71.0 Å². The van der Waals surface area contributed by atoms with Crippen LogP contribution in [-0.4, -0.2) is 42.9 Å². The summed E-state index contributed by atoms with van der Waals surface area (Å²) in [5.74, 6) is -1.51. The van der Waals surface area contributed by atoms with Crippen molar-refractivity contribution in [2.45, 2.75) is 90.6 Å². The number of nitrogens with one attached hydrogen (secondary N) is 1. The van der Waals surface area contributed by atoms with E-state index in [1.165, 1.54) is 11.6 Å². The molecule has 8 heteroatoms. The maximum atomic E-state index is 13.7. The highest BCUT2D eigenvalue weighted by Gasteiger charge is 2.37. The van der Waals surface area contributed by atoms with E-state index in [0.717, 1.165) is 31.2 Å². The number of oxime groups is 1. The van der Waals surface area contributed by atoms with Crippen molar-refractivity contribution < 1.29 is 28.7 Å². The van der Waals surface area contributed by atoms with E-state index in [4.69, 9.17) is 14.3 Å². The Morgan fingerprint density at radius 2 is 1.60 bits per heavy atom. The first kappa shape index (κ1) is 32.6. The summed E-state index contributed by atoms with van der Waals surface area (Å²) in [4.78, 5) is 44.2. The fourth-order valence-electron chi connectivity index (χ4n) is 5.01. The number of hydrogen-bond donors (Lipinski definition) is 1. The Hall–Kier alpha value is -3.94. The lowest BCUT2D eigenvalue weighted by Gasteiger charge is -2.42. The average Bonchev–Trinajstić information content (AvgIpc) is 2.96. The number of rotatable bonds is 13. The van der Waals surface area contributed by atoms with E-state index in [1.807, 2.05) is 19.1 Å². The van der Waals surface area contributed by atoms with E-state index in [0.29, 0.717) is 23.2 Å². The van der Waals surface area contributed by atoms with Gasteiger partial charge >= 0.3 is 11.9 Å². The molecule has 0 aliphatic heterocycles. The summed E-state index contributed by atoms with van der Waals surface area (Å²) in [6, 6.07) is 12.3. The normalized spacial score (nSPS) is 16.0. The third kappa shape index (κ3) is 8.08. The second-order valence-electron chi connectivity index (χ2n) is 11.9. The molecule has 226 valence electrons. The monoisotopic (exact) mass is 576 g/mol. The first-order valence-electron chi connectivity index (χ1n) is 14.7. The number of carbonyl (C=O) groups excluding carboxylic acids is 3. The van der Waals surface area contributed by atoms with Crippen LogP contribution in [0.1, 0.15) is 101 Å². The number of nitrogens with zero attached hydrogens (tertiary/aromatic N) is 1. The summed E-state index contributed by atoms with van der Waals surface area (Å²) in [6.07, 6.45) is 4.66. The number of fused-ring (bicyclic) bond motifs is 1. The molecule has 0 radical (unpaired) electrons. The van der Waals surface area contributed by atoms with E-state index in [9.17, 15) is 14.4 Å². The number of amides is 1. The molecule has 1 aliphatic carbocycles. The third-order valence-corrected chi connectivity index (χ3v) is 7.69. The highest BCUT2D eigenvalue weighted by atomic mass is 16.7. The summed E-state index contributed by atoms with van der Waals surface area (Å²) < 4.78 is 10.3. The molecule has 0 spiro atoms. The van der Waals surface area contributed by atoms with Crippen molar-refractivity contribution in [2.75, 3.05) is 18.5 Å². The predicted molar refractivity (Wildman–Crippen MR) is 165 cm³/mol. The lowest BCUT2D eigenvalue weighted by molar-refractivity contribution is -0.157. The number of anilines is 1. The van der Waals surface area contributed by atoms with Crippen LogP contribution in [0.3, 0.4) is 0 Å². The number of benzene rings is 2. The molecule has 0 bridgehead atoms. The number of unbranched alkanes of at least 4 members (excludes halogenated alkanes) is 1. The molecule has 1 N–H and O–H groups in total. The fourth-order valence-corrected chi connectivity index (χ4v) is 5.01. The molecular weight excluding hydrogens is 532 g/mol. The van der Waals surface area contributed by atoms with Crippen LogP contribution in [0.4, 0.5) is 5.69 Å². The van der Waals surface area contributed by atoms with Crippen LogP contribution in [0.5, 0.6) is 0 Å². The summed E-state index contributed by atoms with van der Waals surface area (Å²) in [6.45, 7) is 16.5. The summed E-state index contributed by atoms with van der Waals surface area (Å²) in [7, 11) is 0. The Labute approximate surface area is 249 Å². The van der Waals surface area contributed by atoms with Crippen molar-refractivity contribution >= 4 is 29.2 Å². The van der Waals surface area contributed by atoms with Crippen molar-refractivity contribution in [1.82, 2.24) is 0 Å². The molecule has 42 heavy (non-hydrogen) atoms. The molecule has 2 aromatic rings. The van der Waals surface area contributed by atoms with Crippen LogP contribution in [0.15, 0.2) is 60.3 Å². The maximum absolute atomic E-state index is 13.7. The van der Waals surface area contributed by atoms with Gasteiger partial charge in [-0.25, -0.2) is 9.59 Å². The number of carbonyl (C=O) groups is 3. The van der Waals surface area contributed by atoms with Gasteiger partial charge in [0.15, 0.2) is 5.71 Å². The Bertz CT molecular complexity index is 1310. The SMILES string of the molecule is C=CCOC(=O)c1ccc(NC(=O)C(=NOC(CCCC)C(=O)OCC)c2ccc3c(c2)C(C)(C)CCC3(C)C)cc1. The van der Waals surface area contributed by atoms with Crippen molar-refractivity contribution in [3.8, 4) is 0 Å². The molecule has 1 amide bonds. The minimum absolute atomic E-state index is 0.00315. The van der Waals surface area contributed by atoms with Crippen LogP contribution in [0.25, 0.3) is 0 Å². The molecular formula is C34H44N2O6. The zero-order chi connectivity index (χ0) is 30.9. The topological polar surface area (TPSA) is 103 Å². The minimum Gasteiger partial charge on any atom is -0.463 e. The highest BCUT2D eigenvalue weighted by Crippen LogP contribution is 2.46. The Kier molecular flexibility index (Phi) is 11.1. The van der Waals surface area contributed by atoms with Gasteiger partial charge in [-0.15, -0.1) is 0 Å². The van der Waals surface area contributed by atoms with E-state index in [2.05, 4.69) is 50.8 Å². The van der Waals surface area contributed by atoms with Gasteiger partial charge in [0.1, 0.15) is 6.61 Å². The lowest BCUT2D eigenvalue weighted by Crippen LogP contribution is -2.34. The zero-order valence-electron chi connectivity index (χ0n) is 25.7. The van der Waals surface area contributed by atoms with Crippen molar-refractivity contribution in [2.24, 2.45) is 5.16 Å². The Balaban J connectivity index is 1.99. The first-order chi connectivity index (χ1) is 19.9. The number of esters is 2. The molecule has 3 rings (SSSR count). The average molecular weight is 577 g/mol. The largest absolute Gasteiger partial charge is 0.463 e. The molecule has 1 atom stereocenters. The molecule has 1 unspecified atom stereocenters. The van der Waals surface area contributed by atoms with Gasteiger partial charge < -0.3 is 19.6 Å². The van der Waals surface area contributed by atoms with Crippen molar-refractivity contribution in [3.63, 3.8) is 0 Å². The summed E-state index contributed by atoms with van der Waals surface area (Å²) in [5.41, 5.74) is 3.75. The first-order valence-corrected chi connectivity index (χ1v) is 14.7. The smallest absolute Gasteiger partial charge is 0.350 e. The van der Waals surface area contributed by atoms with Gasteiger partial charge in [-0.3, -0.25) is 4.79 Å². The quantitative estimate of drug-likeness (QED) is 0.121. The van der Waals surface area contributed by atoms with Crippen LogP contribution in [0, 0.1) is 0 Å². The highest BCUT2D eigenvalue weighted by molar-refractivity contribution is 6.48. The van der Waals surface area contributed by atoms with Gasteiger partial charge in [-0.2, -0.15) is 0 Å². The third-order valence-electron chi connectivity index (χ3n) is 7.69. The molecule has 0 fully saturated rings. The van der Waals surface area contributed by atoms with E-state index in [1.54, 1.807) is 31.2 Å². The number of hydrogen-bond acceptors (Lipinski definition) is 7. The van der Waals surface area contributed by atoms with Crippen LogP contribution in [-0.2, 0) is 34.7 Å². The second-order valence-corrected chi connectivity index (χ2v) is 11.9. The Morgan fingerprint density at radius 3 is 2.21 bits per heavy atom. The van der Waals surface area contributed by atoms with Crippen molar-refractivity contribution in [3.05, 3.63) is 77.4 Å². The van der Waals surface area contributed by atoms with Crippen molar-refractivity contribution in [1.29, 1.82) is 0 Å². The van der Waals surface area contributed by atoms with Crippen LogP contribution < -0.4 is 5.32 Å². The fraction of sp³-hybridized carbons (Fsp3) is 0.471. The molecule has 8 nitrogen and oxygen atoms in total. The zero-order valence-corrected chi connectivity index (χ0v) is 25.7. The van der Waals surface area contributed by atoms with Crippen LogP contribution in [0.2, 0.25) is 0 Å². The molecule has 0 aromatic heterocycles. The van der Waals surface area contributed by atoms with E-state index in [-0.39, 0.29) is 29.8 Å². The maximum Gasteiger partial charge on any atom is 0.350 e. The predicted octanol–water partition coefficient (Wildman–Crippen LogP) is 6.86.